The van der Waals surface area contributed by atoms with Gasteiger partial charge in [-0.1, -0.05) is 5.46 Å². The lowest BCUT2D eigenvalue weighted by molar-refractivity contribution is -0.0163. The third-order valence-corrected chi connectivity index (χ3v) is 2.00. The van der Waals surface area contributed by atoms with Gasteiger partial charge < -0.3 is 22.4 Å². The monoisotopic (exact) mass is 262 g/mol. The molecule has 0 fully saturated rings. The Balaban J connectivity index is 2.49. The van der Waals surface area contributed by atoms with Crippen LogP contribution in [0.25, 0.3) is 0 Å². The highest BCUT2D eigenvalue weighted by molar-refractivity contribution is 6.73. The summed E-state index contributed by atoms with van der Waals surface area (Å²) in [4.78, 5) is 3.51. The summed E-state index contributed by atoms with van der Waals surface area (Å²) in [5, 5.41) is 0. The lowest BCUT2D eigenvalue weighted by atomic mass is 9.81. The van der Waals surface area contributed by atoms with E-state index in [1.807, 2.05) is 20.8 Å². The zero-order valence-electron chi connectivity index (χ0n) is 10.6. The van der Waals surface area contributed by atoms with E-state index in [9.17, 15) is 12.9 Å². The van der Waals surface area contributed by atoms with Crippen molar-refractivity contribution < 1.29 is 22.4 Å². The second-order valence-corrected chi connectivity index (χ2v) is 4.84. The van der Waals surface area contributed by atoms with E-state index in [2.05, 4.69) is 4.98 Å². The van der Waals surface area contributed by atoms with Crippen LogP contribution in [0.5, 0.6) is 5.75 Å². The number of aromatic nitrogens is 1. The highest BCUT2D eigenvalue weighted by Gasteiger charge is 2.26. The maximum atomic E-state index is 12.5. The van der Waals surface area contributed by atoms with Crippen molar-refractivity contribution in [2.45, 2.75) is 26.4 Å². The Morgan fingerprint density at radius 3 is 2.39 bits per heavy atom. The second-order valence-electron chi connectivity index (χ2n) is 4.84. The van der Waals surface area contributed by atoms with E-state index in [1.54, 1.807) is 0 Å². The molecule has 0 aliphatic heterocycles. The summed E-state index contributed by atoms with van der Waals surface area (Å²) < 4.78 is 47.9. The van der Waals surface area contributed by atoms with Crippen LogP contribution in [0.1, 0.15) is 20.8 Å². The van der Waals surface area contributed by atoms with Crippen molar-refractivity contribution in [3.8, 4) is 5.75 Å². The molecule has 1 rings (SSSR count). The van der Waals surface area contributed by atoms with Gasteiger partial charge in [0.05, 0.1) is 18.4 Å². The van der Waals surface area contributed by atoms with Crippen LogP contribution < -0.4 is 10.2 Å². The molecular weight excluding hydrogens is 246 g/mol. The predicted octanol–water partition coefficient (Wildman–Crippen LogP) is 2.33. The van der Waals surface area contributed by atoms with Gasteiger partial charge in [0.15, 0.2) is 0 Å². The average Bonchev–Trinajstić information content (AvgIpc) is 2.22. The van der Waals surface area contributed by atoms with Crippen molar-refractivity contribution in [2.75, 3.05) is 13.2 Å². The van der Waals surface area contributed by atoms with Gasteiger partial charge in [-0.3, -0.25) is 4.98 Å². The number of halogens is 3. The lowest BCUT2D eigenvalue weighted by Gasteiger charge is -2.20. The minimum Gasteiger partial charge on any atom is -0.490 e. The molecular formula is C11H16BF3NO2-. The molecule has 0 spiro atoms. The quantitative estimate of drug-likeness (QED) is 0.602. The number of nitrogens with zero attached hydrogens (tertiary/aromatic N) is 1. The van der Waals surface area contributed by atoms with Crippen molar-refractivity contribution in [2.24, 2.45) is 0 Å². The molecule has 0 N–H and O–H groups in total. The van der Waals surface area contributed by atoms with Gasteiger partial charge in [0.25, 0.3) is 0 Å². The third kappa shape index (κ3) is 5.40. The number of pyridine rings is 1. The molecule has 0 amide bonds. The van der Waals surface area contributed by atoms with E-state index in [-0.39, 0.29) is 18.0 Å². The first-order chi connectivity index (χ1) is 8.18. The summed E-state index contributed by atoms with van der Waals surface area (Å²) in [6.45, 7) is 1.13. The minimum atomic E-state index is -5.04. The van der Waals surface area contributed by atoms with E-state index in [0.29, 0.717) is 6.61 Å². The van der Waals surface area contributed by atoms with E-state index in [1.165, 1.54) is 6.20 Å². The first-order valence-electron chi connectivity index (χ1n) is 5.60. The lowest BCUT2D eigenvalue weighted by Crippen LogP contribution is -2.34. The van der Waals surface area contributed by atoms with E-state index >= 15 is 0 Å². The van der Waals surface area contributed by atoms with Crippen molar-refractivity contribution in [1.82, 2.24) is 4.98 Å². The Morgan fingerprint density at radius 2 is 1.83 bits per heavy atom. The largest absolute Gasteiger partial charge is 0.511 e. The SMILES string of the molecule is CC(C)(C)OCCOc1cncc([B-](F)(F)F)c1. The Bertz CT molecular complexity index is 391. The highest BCUT2D eigenvalue weighted by atomic mass is 19.4. The van der Waals surface area contributed by atoms with Gasteiger partial charge in [0.1, 0.15) is 12.4 Å². The maximum absolute atomic E-state index is 12.5. The van der Waals surface area contributed by atoms with Crippen molar-refractivity contribution in [1.29, 1.82) is 0 Å². The summed E-state index contributed by atoms with van der Waals surface area (Å²) >= 11 is 0. The molecule has 102 valence electrons. The van der Waals surface area contributed by atoms with Crippen LogP contribution in [0.4, 0.5) is 12.9 Å². The van der Waals surface area contributed by atoms with Crippen LogP contribution in [-0.2, 0) is 4.74 Å². The fourth-order valence-electron chi connectivity index (χ4n) is 1.20. The zero-order chi connectivity index (χ0) is 13.8. The van der Waals surface area contributed by atoms with Crippen molar-refractivity contribution >= 4 is 12.4 Å². The summed E-state index contributed by atoms with van der Waals surface area (Å²) in [7, 11) is 0. The fraction of sp³-hybridized carbons (Fsp3) is 0.545. The second kappa shape index (κ2) is 5.60. The molecule has 0 saturated carbocycles. The van der Waals surface area contributed by atoms with Gasteiger partial charge in [-0.25, -0.2) is 0 Å². The Kier molecular flexibility index (Phi) is 4.62. The average molecular weight is 262 g/mol. The van der Waals surface area contributed by atoms with Gasteiger partial charge >= 0.3 is 6.98 Å². The summed E-state index contributed by atoms with van der Waals surface area (Å²) in [5.74, 6) is 0.101. The van der Waals surface area contributed by atoms with Crippen molar-refractivity contribution in [3.63, 3.8) is 0 Å². The van der Waals surface area contributed by atoms with Crippen LogP contribution in [0.3, 0.4) is 0 Å². The molecule has 1 heterocycles. The van der Waals surface area contributed by atoms with E-state index in [4.69, 9.17) is 9.47 Å². The number of ether oxygens (including phenoxy) is 2. The molecule has 7 heteroatoms. The molecule has 0 atom stereocenters. The number of hydrogen-bond acceptors (Lipinski definition) is 3. The molecule has 0 aliphatic carbocycles. The van der Waals surface area contributed by atoms with Crippen LogP contribution >= 0.6 is 0 Å². The fourth-order valence-corrected chi connectivity index (χ4v) is 1.20. The molecule has 0 unspecified atom stereocenters. The van der Waals surface area contributed by atoms with E-state index in [0.717, 1.165) is 12.3 Å². The maximum Gasteiger partial charge on any atom is 0.511 e. The molecule has 0 aliphatic rings. The van der Waals surface area contributed by atoms with Gasteiger partial charge in [0, 0.05) is 6.20 Å². The standard InChI is InChI=1S/C11H16BF3NO2/c1-11(2,3)18-5-4-17-10-6-9(7-16-8-10)12(13,14)15/h6-8H,4-5H2,1-3H3/q-1. The van der Waals surface area contributed by atoms with Gasteiger partial charge in [-0.15, -0.1) is 0 Å². The molecule has 18 heavy (non-hydrogen) atoms. The molecule has 0 radical (unpaired) electrons. The molecule has 0 saturated heterocycles. The number of rotatable bonds is 5. The molecule has 1 aromatic heterocycles. The van der Waals surface area contributed by atoms with Crippen LogP contribution in [0, 0.1) is 0 Å². The Hall–Kier alpha value is -1.24. The minimum absolute atomic E-state index is 0.101. The molecule has 1 aromatic rings. The third-order valence-electron chi connectivity index (χ3n) is 2.00. The molecule has 0 aromatic carbocycles. The molecule has 0 bridgehead atoms. The first kappa shape index (κ1) is 14.8. The normalized spacial score (nSPS) is 12.6. The topological polar surface area (TPSA) is 31.4 Å². The Labute approximate surface area is 104 Å². The van der Waals surface area contributed by atoms with Crippen LogP contribution in [-0.4, -0.2) is 30.8 Å². The van der Waals surface area contributed by atoms with Crippen molar-refractivity contribution in [3.05, 3.63) is 18.5 Å². The Morgan fingerprint density at radius 1 is 1.17 bits per heavy atom. The van der Waals surface area contributed by atoms with Gasteiger partial charge in [-0.2, -0.15) is 0 Å². The van der Waals surface area contributed by atoms with Gasteiger partial charge in [0.2, 0.25) is 0 Å². The molecule has 3 nitrogen and oxygen atoms in total. The predicted molar refractivity (Wildman–Crippen MR) is 64.1 cm³/mol. The first-order valence-corrected chi connectivity index (χ1v) is 5.60. The summed E-state index contributed by atoms with van der Waals surface area (Å²) in [5.41, 5.74) is -1.05. The highest BCUT2D eigenvalue weighted by Crippen LogP contribution is 2.13. The summed E-state index contributed by atoms with van der Waals surface area (Å²) in [6.07, 6.45) is 2.04. The smallest absolute Gasteiger partial charge is 0.490 e. The zero-order valence-corrected chi connectivity index (χ0v) is 10.6. The van der Waals surface area contributed by atoms with E-state index < -0.39 is 12.4 Å². The van der Waals surface area contributed by atoms with Crippen LogP contribution in [0.15, 0.2) is 18.5 Å². The van der Waals surface area contributed by atoms with Gasteiger partial charge in [-0.05, 0) is 26.8 Å². The summed E-state index contributed by atoms with van der Waals surface area (Å²) in [6, 6.07) is 0.949. The number of hydrogen-bond donors (Lipinski definition) is 0. The van der Waals surface area contributed by atoms with Crippen LogP contribution in [0.2, 0.25) is 0 Å².